The first-order valence-corrected chi connectivity index (χ1v) is 7.84. The Kier molecular flexibility index (Phi) is 6.44. The molecule has 2 atom stereocenters. The lowest BCUT2D eigenvalue weighted by molar-refractivity contribution is 0.258. The first kappa shape index (κ1) is 16.5. The lowest BCUT2D eigenvalue weighted by Gasteiger charge is -2.25. The number of rotatable bonds is 8. The van der Waals surface area contributed by atoms with E-state index in [1.165, 1.54) is 11.1 Å². The molecule has 0 aliphatic heterocycles. The summed E-state index contributed by atoms with van der Waals surface area (Å²) in [5, 5.41) is 13.0. The van der Waals surface area contributed by atoms with E-state index in [1.807, 2.05) is 30.3 Å². The van der Waals surface area contributed by atoms with E-state index >= 15 is 0 Å². The van der Waals surface area contributed by atoms with Gasteiger partial charge in [0.2, 0.25) is 0 Å². The van der Waals surface area contributed by atoms with Gasteiger partial charge in [-0.05, 0) is 36.1 Å². The molecule has 0 aliphatic rings. The largest absolute Gasteiger partial charge is 0.497 e. The van der Waals surface area contributed by atoms with E-state index in [1.54, 1.807) is 7.11 Å². The molecule has 0 fully saturated rings. The molecular weight excluding hydrogens is 274 g/mol. The minimum Gasteiger partial charge on any atom is -0.497 e. The Morgan fingerprint density at radius 1 is 0.955 bits per heavy atom. The molecule has 0 amide bonds. The summed E-state index contributed by atoms with van der Waals surface area (Å²) >= 11 is 0. The van der Waals surface area contributed by atoms with Gasteiger partial charge < -0.3 is 15.2 Å². The Morgan fingerprint density at radius 3 is 2.14 bits per heavy atom. The number of ether oxygens (including phenoxy) is 1. The van der Waals surface area contributed by atoms with Crippen molar-refractivity contribution in [3.05, 3.63) is 65.7 Å². The number of hydrogen-bond donors (Lipinski definition) is 2. The summed E-state index contributed by atoms with van der Waals surface area (Å²) in [5.74, 6) is 0.869. The van der Waals surface area contributed by atoms with Crippen LogP contribution in [0.5, 0.6) is 5.75 Å². The Bertz CT molecular complexity index is 539. The van der Waals surface area contributed by atoms with Crippen LogP contribution in [0.15, 0.2) is 54.6 Å². The van der Waals surface area contributed by atoms with Crippen molar-refractivity contribution in [1.29, 1.82) is 0 Å². The SMILES string of the molecule is CCC(N[C@H](CCO)c1ccccc1)c1ccc(OC)cc1. The number of hydrogen-bond acceptors (Lipinski definition) is 3. The first-order chi connectivity index (χ1) is 10.8. The van der Waals surface area contributed by atoms with Crippen molar-refractivity contribution < 1.29 is 9.84 Å². The molecule has 3 nitrogen and oxygen atoms in total. The number of benzene rings is 2. The molecule has 0 bridgehead atoms. The van der Waals surface area contributed by atoms with Gasteiger partial charge in [0.15, 0.2) is 0 Å². The third-order valence-corrected chi connectivity index (χ3v) is 3.95. The van der Waals surface area contributed by atoms with E-state index in [0.717, 1.165) is 12.2 Å². The van der Waals surface area contributed by atoms with Crippen LogP contribution in [-0.4, -0.2) is 18.8 Å². The highest BCUT2D eigenvalue weighted by Crippen LogP contribution is 2.25. The van der Waals surface area contributed by atoms with Gasteiger partial charge in [0.05, 0.1) is 7.11 Å². The maximum Gasteiger partial charge on any atom is 0.118 e. The third kappa shape index (κ3) is 4.33. The van der Waals surface area contributed by atoms with Gasteiger partial charge in [-0.1, -0.05) is 49.4 Å². The summed E-state index contributed by atoms with van der Waals surface area (Å²) in [6, 6.07) is 18.9. The van der Waals surface area contributed by atoms with Crippen LogP contribution < -0.4 is 10.1 Å². The molecule has 0 spiro atoms. The molecule has 2 aromatic rings. The van der Waals surface area contributed by atoms with E-state index in [2.05, 4.69) is 36.5 Å². The van der Waals surface area contributed by atoms with Crippen LogP contribution >= 0.6 is 0 Å². The number of methoxy groups -OCH3 is 1. The zero-order valence-electron chi connectivity index (χ0n) is 13.3. The summed E-state index contributed by atoms with van der Waals surface area (Å²) in [5.41, 5.74) is 2.45. The number of nitrogens with one attached hydrogen (secondary N) is 1. The summed E-state index contributed by atoms with van der Waals surface area (Å²) in [7, 11) is 1.68. The number of aliphatic hydroxyl groups is 1. The normalized spacial score (nSPS) is 13.6. The monoisotopic (exact) mass is 299 g/mol. The second-order valence-electron chi connectivity index (χ2n) is 5.38. The van der Waals surface area contributed by atoms with Crippen molar-refractivity contribution in [1.82, 2.24) is 5.32 Å². The standard InChI is InChI=1S/C19H25NO2/c1-3-18(16-9-11-17(22-2)12-10-16)20-19(13-14-21)15-7-5-4-6-8-15/h4-12,18-21H,3,13-14H2,1-2H3/t18?,19-/m1/s1. The molecule has 0 saturated heterocycles. The van der Waals surface area contributed by atoms with Crippen molar-refractivity contribution in [2.75, 3.05) is 13.7 Å². The first-order valence-electron chi connectivity index (χ1n) is 7.84. The van der Waals surface area contributed by atoms with E-state index in [0.29, 0.717) is 6.42 Å². The molecule has 0 heterocycles. The highest BCUT2D eigenvalue weighted by atomic mass is 16.5. The van der Waals surface area contributed by atoms with Gasteiger partial charge in [-0.25, -0.2) is 0 Å². The molecule has 2 rings (SSSR count). The molecule has 0 radical (unpaired) electrons. The maximum absolute atomic E-state index is 9.37. The van der Waals surface area contributed by atoms with Crippen LogP contribution in [0.1, 0.15) is 43.0 Å². The average Bonchev–Trinajstić information content (AvgIpc) is 2.59. The molecule has 0 aromatic heterocycles. The van der Waals surface area contributed by atoms with Crippen molar-refractivity contribution in [3.63, 3.8) is 0 Å². The van der Waals surface area contributed by atoms with Gasteiger partial charge in [0.25, 0.3) is 0 Å². The Labute approximate surface area is 133 Å². The molecular formula is C19H25NO2. The van der Waals surface area contributed by atoms with Crippen molar-refractivity contribution in [2.45, 2.75) is 31.8 Å². The van der Waals surface area contributed by atoms with Crippen molar-refractivity contribution in [2.24, 2.45) is 0 Å². The Hall–Kier alpha value is -1.84. The smallest absolute Gasteiger partial charge is 0.118 e. The fourth-order valence-corrected chi connectivity index (χ4v) is 2.69. The summed E-state index contributed by atoms with van der Waals surface area (Å²) in [4.78, 5) is 0. The molecule has 2 N–H and O–H groups in total. The summed E-state index contributed by atoms with van der Waals surface area (Å²) < 4.78 is 5.22. The maximum atomic E-state index is 9.37. The molecule has 3 heteroatoms. The third-order valence-electron chi connectivity index (χ3n) is 3.95. The molecule has 0 aliphatic carbocycles. The molecule has 2 aromatic carbocycles. The lowest BCUT2D eigenvalue weighted by Crippen LogP contribution is -2.27. The van der Waals surface area contributed by atoms with Gasteiger partial charge >= 0.3 is 0 Å². The quantitative estimate of drug-likeness (QED) is 0.777. The van der Waals surface area contributed by atoms with Crippen LogP contribution in [0.3, 0.4) is 0 Å². The second-order valence-corrected chi connectivity index (χ2v) is 5.38. The van der Waals surface area contributed by atoms with Crippen molar-refractivity contribution in [3.8, 4) is 5.75 Å². The summed E-state index contributed by atoms with van der Waals surface area (Å²) in [6.45, 7) is 2.34. The lowest BCUT2D eigenvalue weighted by atomic mass is 9.99. The fraction of sp³-hybridized carbons (Fsp3) is 0.368. The van der Waals surface area contributed by atoms with E-state index in [9.17, 15) is 5.11 Å². The highest BCUT2D eigenvalue weighted by molar-refractivity contribution is 5.29. The average molecular weight is 299 g/mol. The molecule has 0 saturated carbocycles. The van der Waals surface area contributed by atoms with Crippen LogP contribution in [-0.2, 0) is 0 Å². The second kappa shape index (κ2) is 8.57. The minimum atomic E-state index is 0.151. The zero-order valence-corrected chi connectivity index (χ0v) is 13.3. The number of aliphatic hydroxyl groups excluding tert-OH is 1. The van der Waals surface area contributed by atoms with Crippen LogP contribution in [0.4, 0.5) is 0 Å². The van der Waals surface area contributed by atoms with E-state index in [4.69, 9.17) is 4.74 Å². The Morgan fingerprint density at radius 2 is 1.59 bits per heavy atom. The molecule has 22 heavy (non-hydrogen) atoms. The van der Waals surface area contributed by atoms with Crippen LogP contribution in [0, 0.1) is 0 Å². The van der Waals surface area contributed by atoms with Gasteiger partial charge in [-0.3, -0.25) is 0 Å². The van der Waals surface area contributed by atoms with Gasteiger partial charge in [0.1, 0.15) is 5.75 Å². The van der Waals surface area contributed by atoms with E-state index in [-0.39, 0.29) is 18.7 Å². The Balaban J connectivity index is 2.14. The predicted octanol–water partition coefficient (Wildman–Crippen LogP) is 3.86. The predicted molar refractivity (Wildman–Crippen MR) is 90.0 cm³/mol. The van der Waals surface area contributed by atoms with E-state index < -0.39 is 0 Å². The minimum absolute atomic E-state index is 0.151. The van der Waals surface area contributed by atoms with Crippen molar-refractivity contribution >= 4 is 0 Å². The van der Waals surface area contributed by atoms with Crippen LogP contribution in [0.2, 0.25) is 0 Å². The van der Waals surface area contributed by atoms with Crippen LogP contribution in [0.25, 0.3) is 0 Å². The topological polar surface area (TPSA) is 41.5 Å². The van der Waals surface area contributed by atoms with Gasteiger partial charge in [0, 0.05) is 18.7 Å². The fourth-order valence-electron chi connectivity index (χ4n) is 2.69. The molecule has 1 unspecified atom stereocenters. The highest BCUT2D eigenvalue weighted by Gasteiger charge is 2.17. The van der Waals surface area contributed by atoms with Gasteiger partial charge in [-0.2, -0.15) is 0 Å². The summed E-state index contributed by atoms with van der Waals surface area (Å²) in [6.07, 6.45) is 1.69. The molecule has 118 valence electrons. The van der Waals surface area contributed by atoms with Gasteiger partial charge in [-0.15, -0.1) is 0 Å². The zero-order chi connectivity index (χ0) is 15.8.